The van der Waals surface area contributed by atoms with E-state index in [9.17, 15) is 4.79 Å². The number of benzene rings is 1. The van der Waals surface area contributed by atoms with Crippen molar-refractivity contribution >= 4 is 5.97 Å². The maximum atomic E-state index is 10.5. The monoisotopic (exact) mass is 223 g/mol. The minimum Gasteiger partial charge on any atom is -0.480 e. The summed E-state index contributed by atoms with van der Waals surface area (Å²) < 4.78 is 5.39. The summed E-state index contributed by atoms with van der Waals surface area (Å²) in [5, 5.41) is 11.5. The first-order valence-electron chi connectivity index (χ1n) is 5.28. The van der Waals surface area contributed by atoms with Gasteiger partial charge in [-0.25, -0.2) is 0 Å². The van der Waals surface area contributed by atoms with E-state index in [0.717, 1.165) is 5.56 Å². The average Bonchev–Trinajstić information content (AvgIpc) is 2.29. The molecule has 0 fully saturated rings. The molecule has 1 aromatic carbocycles. The standard InChI is InChI=1S/C12H17NO3/c1-10(12(14)15)13-7-8-16-9-11-5-3-2-4-6-11/h2-6,10,13H,7-9H2,1H3,(H,14,15)/t10-/m0/s1. The van der Waals surface area contributed by atoms with Crippen molar-refractivity contribution in [2.75, 3.05) is 13.2 Å². The highest BCUT2D eigenvalue weighted by Crippen LogP contribution is 1.99. The van der Waals surface area contributed by atoms with Crippen LogP contribution in [0.25, 0.3) is 0 Å². The van der Waals surface area contributed by atoms with Crippen LogP contribution in [0.15, 0.2) is 30.3 Å². The van der Waals surface area contributed by atoms with Gasteiger partial charge in [0, 0.05) is 6.54 Å². The van der Waals surface area contributed by atoms with Gasteiger partial charge in [0.25, 0.3) is 0 Å². The number of carbonyl (C=O) groups is 1. The van der Waals surface area contributed by atoms with Gasteiger partial charge in [0.15, 0.2) is 0 Å². The van der Waals surface area contributed by atoms with Crippen LogP contribution in [0, 0.1) is 0 Å². The lowest BCUT2D eigenvalue weighted by atomic mass is 10.2. The third kappa shape index (κ3) is 4.91. The average molecular weight is 223 g/mol. The second-order valence-corrected chi connectivity index (χ2v) is 3.55. The molecule has 1 aromatic rings. The number of nitrogens with one attached hydrogen (secondary N) is 1. The van der Waals surface area contributed by atoms with E-state index in [1.54, 1.807) is 6.92 Å². The van der Waals surface area contributed by atoms with Crippen molar-refractivity contribution in [3.8, 4) is 0 Å². The zero-order valence-corrected chi connectivity index (χ0v) is 9.35. The summed E-state index contributed by atoms with van der Waals surface area (Å²) in [5.74, 6) is -0.844. The minimum atomic E-state index is -0.844. The van der Waals surface area contributed by atoms with E-state index < -0.39 is 12.0 Å². The Labute approximate surface area is 95.2 Å². The Hall–Kier alpha value is -1.39. The number of carboxylic acid groups (broad SMARTS) is 1. The molecule has 0 bridgehead atoms. The molecule has 0 aliphatic heterocycles. The highest BCUT2D eigenvalue weighted by molar-refractivity contribution is 5.72. The minimum absolute atomic E-state index is 0.506. The molecule has 2 N–H and O–H groups in total. The smallest absolute Gasteiger partial charge is 0.320 e. The van der Waals surface area contributed by atoms with Crippen LogP contribution in [0.3, 0.4) is 0 Å². The van der Waals surface area contributed by atoms with Crippen molar-refractivity contribution in [3.05, 3.63) is 35.9 Å². The van der Waals surface area contributed by atoms with Gasteiger partial charge in [-0.2, -0.15) is 0 Å². The SMILES string of the molecule is C[C@H](NCCOCc1ccccc1)C(=O)O. The number of hydrogen-bond donors (Lipinski definition) is 2. The lowest BCUT2D eigenvalue weighted by Crippen LogP contribution is -2.35. The van der Waals surface area contributed by atoms with E-state index in [2.05, 4.69) is 5.32 Å². The molecular formula is C12H17NO3. The zero-order valence-electron chi connectivity index (χ0n) is 9.35. The maximum absolute atomic E-state index is 10.5. The molecule has 1 atom stereocenters. The van der Waals surface area contributed by atoms with Gasteiger partial charge in [-0.15, -0.1) is 0 Å². The molecule has 0 spiro atoms. The summed E-state index contributed by atoms with van der Waals surface area (Å²) in [4.78, 5) is 10.5. The van der Waals surface area contributed by atoms with Crippen molar-refractivity contribution in [1.82, 2.24) is 5.32 Å². The van der Waals surface area contributed by atoms with Gasteiger partial charge in [-0.05, 0) is 12.5 Å². The largest absolute Gasteiger partial charge is 0.480 e. The highest BCUT2D eigenvalue weighted by Gasteiger charge is 2.08. The molecule has 0 aliphatic rings. The molecule has 0 unspecified atom stereocenters. The van der Waals surface area contributed by atoms with Gasteiger partial charge in [0.05, 0.1) is 13.2 Å². The van der Waals surface area contributed by atoms with Crippen LogP contribution in [0.1, 0.15) is 12.5 Å². The van der Waals surface area contributed by atoms with E-state index >= 15 is 0 Å². The summed E-state index contributed by atoms with van der Waals surface area (Å²) in [7, 11) is 0. The van der Waals surface area contributed by atoms with Crippen molar-refractivity contribution in [3.63, 3.8) is 0 Å². The zero-order chi connectivity index (χ0) is 11.8. The predicted molar refractivity (Wildman–Crippen MR) is 61.2 cm³/mol. The molecule has 0 aliphatic carbocycles. The third-order valence-corrected chi connectivity index (χ3v) is 2.18. The van der Waals surface area contributed by atoms with E-state index in [0.29, 0.717) is 19.8 Å². The molecule has 88 valence electrons. The molecule has 16 heavy (non-hydrogen) atoms. The molecular weight excluding hydrogens is 206 g/mol. The highest BCUT2D eigenvalue weighted by atomic mass is 16.5. The Morgan fingerprint density at radius 2 is 2.12 bits per heavy atom. The summed E-state index contributed by atoms with van der Waals surface area (Å²) >= 11 is 0. The van der Waals surface area contributed by atoms with E-state index in [1.165, 1.54) is 0 Å². The molecule has 0 heterocycles. The molecule has 0 saturated heterocycles. The number of carboxylic acids is 1. The fraction of sp³-hybridized carbons (Fsp3) is 0.417. The second-order valence-electron chi connectivity index (χ2n) is 3.55. The van der Waals surface area contributed by atoms with Crippen LogP contribution in [0.2, 0.25) is 0 Å². The van der Waals surface area contributed by atoms with Crippen molar-refractivity contribution in [1.29, 1.82) is 0 Å². The summed E-state index contributed by atoms with van der Waals surface area (Å²) in [6, 6.07) is 9.34. The van der Waals surface area contributed by atoms with E-state index in [1.807, 2.05) is 30.3 Å². The predicted octanol–water partition coefficient (Wildman–Crippen LogP) is 1.27. The summed E-state index contributed by atoms with van der Waals surface area (Å²) in [5.41, 5.74) is 1.12. The van der Waals surface area contributed by atoms with Crippen molar-refractivity contribution in [2.45, 2.75) is 19.6 Å². The van der Waals surface area contributed by atoms with Gasteiger partial charge in [-0.3, -0.25) is 4.79 Å². The Kier molecular flexibility index (Phi) is 5.53. The first-order chi connectivity index (χ1) is 7.70. The first-order valence-corrected chi connectivity index (χ1v) is 5.28. The number of ether oxygens (including phenoxy) is 1. The van der Waals surface area contributed by atoms with Crippen LogP contribution in [-0.4, -0.2) is 30.3 Å². The molecule has 0 amide bonds. The van der Waals surface area contributed by atoms with Crippen LogP contribution < -0.4 is 5.32 Å². The fourth-order valence-electron chi connectivity index (χ4n) is 1.20. The number of rotatable bonds is 7. The van der Waals surface area contributed by atoms with Crippen LogP contribution in [-0.2, 0) is 16.1 Å². The Balaban J connectivity index is 2.07. The summed E-state index contributed by atoms with van der Waals surface area (Å²) in [6.07, 6.45) is 0. The molecule has 0 saturated carbocycles. The summed E-state index contributed by atoms with van der Waals surface area (Å²) in [6.45, 7) is 3.22. The quantitative estimate of drug-likeness (QED) is 0.683. The maximum Gasteiger partial charge on any atom is 0.320 e. The normalized spacial score (nSPS) is 12.3. The van der Waals surface area contributed by atoms with Gasteiger partial charge in [0.2, 0.25) is 0 Å². The topological polar surface area (TPSA) is 58.6 Å². The Morgan fingerprint density at radius 3 is 2.75 bits per heavy atom. The van der Waals surface area contributed by atoms with Gasteiger partial charge >= 0.3 is 5.97 Å². The molecule has 1 rings (SSSR count). The van der Waals surface area contributed by atoms with E-state index in [-0.39, 0.29) is 0 Å². The Bertz CT molecular complexity index is 313. The Morgan fingerprint density at radius 1 is 1.44 bits per heavy atom. The van der Waals surface area contributed by atoms with Gasteiger partial charge in [0.1, 0.15) is 6.04 Å². The second kappa shape index (κ2) is 6.98. The fourth-order valence-corrected chi connectivity index (χ4v) is 1.20. The molecule has 0 aromatic heterocycles. The van der Waals surface area contributed by atoms with Crippen LogP contribution >= 0.6 is 0 Å². The third-order valence-electron chi connectivity index (χ3n) is 2.18. The van der Waals surface area contributed by atoms with Crippen molar-refractivity contribution < 1.29 is 14.6 Å². The lowest BCUT2D eigenvalue weighted by Gasteiger charge is -2.09. The number of hydrogen-bond acceptors (Lipinski definition) is 3. The van der Waals surface area contributed by atoms with Crippen LogP contribution in [0.4, 0.5) is 0 Å². The van der Waals surface area contributed by atoms with E-state index in [4.69, 9.17) is 9.84 Å². The molecule has 4 nitrogen and oxygen atoms in total. The lowest BCUT2D eigenvalue weighted by molar-refractivity contribution is -0.139. The molecule has 4 heteroatoms. The van der Waals surface area contributed by atoms with Crippen molar-refractivity contribution in [2.24, 2.45) is 0 Å². The van der Waals surface area contributed by atoms with Gasteiger partial charge in [-0.1, -0.05) is 30.3 Å². The first kappa shape index (κ1) is 12.7. The van der Waals surface area contributed by atoms with Gasteiger partial charge < -0.3 is 15.2 Å². The molecule has 0 radical (unpaired) electrons. The number of aliphatic carboxylic acids is 1. The van der Waals surface area contributed by atoms with Crippen LogP contribution in [0.5, 0.6) is 0 Å².